The Kier molecular flexibility index (Phi) is 3.38. The summed E-state index contributed by atoms with van der Waals surface area (Å²) in [4.78, 5) is 17.3. The molecule has 2 heterocycles. The van der Waals surface area contributed by atoms with Gasteiger partial charge in [-0.1, -0.05) is 0 Å². The fraction of sp³-hybridized carbons (Fsp3) is 0.533. The van der Waals surface area contributed by atoms with E-state index in [0.29, 0.717) is 11.6 Å². The quantitative estimate of drug-likeness (QED) is 0.916. The third-order valence-electron chi connectivity index (χ3n) is 4.20. The van der Waals surface area contributed by atoms with Gasteiger partial charge in [0.15, 0.2) is 0 Å². The van der Waals surface area contributed by atoms with Crippen molar-refractivity contribution in [2.45, 2.75) is 38.8 Å². The SMILES string of the molecule is CC(C)N1CCCC(n2c(=O)[nH]c3cc(F)ccc32)C1. The van der Waals surface area contributed by atoms with E-state index in [2.05, 4.69) is 23.7 Å². The summed E-state index contributed by atoms with van der Waals surface area (Å²) in [5.41, 5.74) is 1.24. The van der Waals surface area contributed by atoms with Crippen molar-refractivity contribution in [1.29, 1.82) is 0 Å². The van der Waals surface area contributed by atoms with E-state index in [0.717, 1.165) is 31.4 Å². The number of aromatic nitrogens is 2. The van der Waals surface area contributed by atoms with Crippen LogP contribution in [0.3, 0.4) is 0 Å². The molecule has 0 bridgehead atoms. The molecule has 0 spiro atoms. The minimum Gasteiger partial charge on any atom is -0.305 e. The Bertz CT molecular complexity index is 673. The van der Waals surface area contributed by atoms with Crippen LogP contribution in [0.1, 0.15) is 32.7 Å². The largest absolute Gasteiger partial charge is 0.326 e. The second-order valence-electron chi connectivity index (χ2n) is 5.85. The number of likely N-dealkylation sites (tertiary alicyclic amines) is 1. The van der Waals surface area contributed by atoms with E-state index in [4.69, 9.17) is 0 Å². The minimum absolute atomic E-state index is 0.138. The number of aromatic amines is 1. The maximum atomic E-state index is 13.2. The summed E-state index contributed by atoms with van der Waals surface area (Å²) in [6, 6.07) is 5.14. The number of nitrogens with one attached hydrogen (secondary N) is 1. The molecule has 0 saturated carbocycles. The monoisotopic (exact) mass is 277 g/mol. The fourth-order valence-corrected chi connectivity index (χ4v) is 3.13. The molecule has 1 atom stereocenters. The van der Waals surface area contributed by atoms with Crippen molar-refractivity contribution in [3.05, 3.63) is 34.5 Å². The van der Waals surface area contributed by atoms with E-state index in [9.17, 15) is 9.18 Å². The molecule has 3 rings (SSSR count). The molecule has 1 aromatic carbocycles. The summed E-state index contributed by atoms with van der Waals surface area (Å²) in [5.74, 6) is -0.321. The molecule has 108 valence electrons. The number of rotatable bonds is 2. The number of H-pyrrole nitrogens is 1. The number of piperidine rings is 1. The Hall–Kier alpha value is -1.62. The number of hydrogen-bond acceptors (Lipinski definition) is 2. The van der Waals surface area contributed by atoms with Gasteiger partial charge < -0.3 is 4.98 Å². The zero-order valence-corrected chi connectivity index (χ0v) is 11.9. The zero-order valence-electron chi connectivity index (χ0n) is 11.9. The Balaban J connectivity index is 2.01. The lowest BCUT2D eigenvalue weighted by Crippen LogP contribution is -2.42. The van der Waals surface area contributed by atoms with Crippen molar-refractivity contribution in [2.75, 3.05) is 13.1 Å². The van der Waals surface area contributed by atoms with Crippen LogP contribution in [0.15, 0.2) is 23.0 Å². The lowest BCUT2D eigenvalue weighted by atomic mass is 10.0. The minimum atomic E-state index is -0.321. The summed E-state index contributed by atoms with van der Waals surface area (Å²) in [7, 11) is 0. The Morgan fingerprint density at radius 2 is 2.20 bits per heavy atom. The van der Waals surface area contributed by atoms with Crippen LogP contribution < -0.4 is 5.69 Å². The van der Waals surface area contributed by atoms with Crippen molar-refractivity contribution in [2.24, 2.45) is 0 Å². The van der Waals surface area contributed by atoms with Crippen molar-refractivity contribution in [1.82, 2.24) is 14.5 Å². The van der Waals surface area contributed by atoms with Crippen LogP contribution in [0.4, 0.5) is 4.39 Å². The fourth-order valence-electron chi connectivity index (χ4n) is 3.13. The molecule has 2 aromatic rings. The lowest BCUT2D eigenvalue weighted by molar-refractivity contribution is 0.143. The topological polar surface area (TPSA) is 41.0 Å². The highest BCUT2D eigenvalue weighted by molar-refractivity contribution is 5.75. The smallest absolute Gasteiger partial charge is 0.305 e. The molecule has 0 radical (unpaired) electrons. The highest BCUT2D eigenvalue weighted by Gasteiger charge is 2.25. The van der Waals surface area contributed by atoms with E-state index in [1.165, 1.54) is 12.1 Å². The molecule has 1 fully saturated rings. The number of nitrogens with zero attached hydrogens (tertiary/aromatic N) is 2. The molecule has 1 unspecified atom stereocenters. The van der Waals surface area contributed by atoms with Crippen LogP contribution in [-0.2, 0) is 0 Å². The van der Waals surface area contributed by atoms with Gasteiger partial charge in [0.1, 0.15) is 5.82 Å². The summed E-state index contributed by atoms with van der Waals surface area (Å²) in [6.45, 7) is 6.31. The first kappa shape index (κ1) is 13.4. The van der Waals surface area contributed by atoms with Crippen molar-refractivity contribution in [3.8, 4) is 0 Å². The van der Waals surface area contributed by atoms with Gasteiger partial charge in [0.2, 0.25) is 0 Å². The van der Waals surface area contributed by atoms with Gasteiger partial charge in [-0.3, -0.25) is 9.47 Å². The molecule has 1 aromatic heterocycles. The molecular formula is C15H20FN3O. The highest BCUT2D eigenvalue weighted by atomic mass is 19.1. The maximum Gasteiger partial charge on any atom is 0.326 e. The van der Waals surface area contributed by atoms with Gasteiger partial charge in [-0.05, 0) is 51.4 Å². The highest BCUT2D eigenvalue weighted by Crippen LogP contribution is 2.25. The number of fused-ring (bicyclic) bond motifs is 1. The van der Waals surface area contributed by atoms with E-state index >= 15 is 0 Å². The number of benzene rings is 1. The van der Waals surface area contributed by atoms with Crippen LogP contribution in [-0.4, -0.2) is 33.6 Å². The molecule has 1 aliphatic rings. The second-order valence-corrected chi connectivity index (χ2v) is 5.85. The summed E-state index contributed by atoms with van der Waals surface area (Å²) in [5, 5.41) is 0. The molecular weight excluding hydrogens is 257 g/mol. The second kappa shape index (κ2) is 5.05. The van der Waals surface area contributed by atoms with Gasteiger partial charge in [-0.15, -0.1) is 0 Å². The summed E-state index contributed by atoms with van der Waals surface area (Å²) in [6.07, 6.45) is 2.08. The molecule has 20 heavy (non-hydrogen) atoms. The van der Waals surface area contributed by atoms with Gasteiger partial charge >= 0.3 is 5.69 Å². The van der Waals surface area contributed by atoms with Crippen LogP contribution in [0, 0.1) is 5.82 Å². The lowest BCUT2D eigenvalue weighted by Gasteiger charge is -2.35. The molecule has 5 heteroatoms. The number of halogens is 1. The van der Waals surface area contributed by atoms with Gasteiger partial charge in [0.25, 0.3) is 0 Å². The predicted molar refractivity (Wildman–Crippen MR) is 77.5 cm³/mol. The third kappa shape index (κ3) is 2.26. The average molecular weight is 277 g/mol. The summed E-state index contributed by atoms with van der Waals surface area (Å²) >= 11 is 0. The Morgan fingerprint density at radius 1 is 1.40 bits per heavy atom. The average Bonchev–Trinajstić information content (AvgIpc) is 2.73. The molecule has 4 nitrogen and oxygen atoms in total. The van der Waals surface area contributed by atoms with Crippen LogP contribution >= 0.6 is 0 Å². The van der Waals surface area contributed by atoms with Gasteiger partial charge in [0, 0.05) is 12.6 Å². The maximum absolute atomic E-state index is 13.2. The van der Waals surface area contributed by atoms with Gasteiger partial charge in [-0.2, -0.15) is 0 Å². The first-order valence-electron chi connectivity index (χ1n) is 7.20. The van der Waals surface area contributed by atoms with Crippen LogP contribution in [0.5, 0.6) is 0 Å². The molecule has 0 aliphatic carbocycles. The molecule has 1 N–H and O–H groups in total. The standard InChI is InChI=1S/C15H20FN3O/c1-10(2)18-7-3-4-12(9-18)19-14-6-5-11(16)8-13(14)17-15(19)20/h5-6,8,10,12H,3-4,7,9H2,1-2H3,(H,17,20). The first-order chi connectivity index (χ1) is 9.56. The third-order valence-corrected chi connectivity index (χ3v) is 4.20. The van der Waals surface area contributed by atoms with Gasteiger partial charge in [-0.25, -0.2) is 9.18 Å². The van der Waals surface area contributed by atoms with Crippen molar-refractivity contribution >= 4 is 11.0 Å². The van der Waals surface area contributed by atoms with Gasteiger partial charge in [0.05, 0.1) is 17.1 Å². The van der Waals surface area contributed by atoms with Crippen LogP contribution in [0.2, 0.25) is 0 Å². The van der Waals surface area contributed by atoms with Crippen molar-refractivity contribution in [3.63, 3.8) is 0 Å². The molecule has 1 saturated heterocycles. The number of hydrogen-bond donors (Lipinski definition) is 1. The summed E-state index contributed by atoms with van der Waals surface area (Å²) < 4.78 is 15.0. The van der Waals surface area contributed by atoms with E-state index in [-0.39, 0.29) is 17.5 Å². The molecule has 0 amide bonds. The Morgan fingerprint density at radius 3 is 2.95 bits per heavy atom. The van der Waals surface area contributed by atoms with E-state index in [1.54, 1.807) is 10.6 Å². The Labute approximate surface area is 117 Å². The first-order valence-corrected chi connectivity index (χ1v) is 7.20. The number of imidazole rings is 1. The predicted octanol–water partition coefficient (Wildman–Crippen LogP) is 2.51. The van der Waals surface area contributed by atoms with Crippen LogP contribution in [0.25, 0.3) is 11.0 Å². The van der Waals surface area contributed by atoms with E-state index in [1.807, 2.05) is 0 Å². The molecule has 1 aliphatic heterocycles. The zero-order chi connectivity index (χ0) is 14.3. The van der Waals surface area contributed by atoms with E-state index < -0.39 is 0 Å². The van der Waals surface area contributed by atoms with Crippen molar-refractivity contribution < 1.29 is 4.39 Å². The normalized spacial score (nSPS) is 20.9.